The second kappa shape index (κ2) is 19.5. The van der Waals surface area contributed by atoms with Gasteiger partial charge in [0.05, 0.1) is 44.4 Å². The molecule has 0 N–H and O–H groups in total. The molecule has 0 fully saturated rings. The molecule has 0 aromatic heterocycles. The van der Waals surface area contributed by atoms with Crippen molar-refractivity contribution in [3.05, 3.63) is 102 Å². The van der Waals surface area contributed by atoms with E-state index in [0.29, 0.717) is 24.0 Å². The van der Waals surface area contributed by atoms with Gasteiger partial charge in [-0.1, -0.05) is 146 Å². The topological polar surface area (TPSA) is 105 Å². The van der Waals surface area contributed by atoms with E-state index in [4.69, 9.17) is 88.6 Å². The Kier molecular flexibility index (Phi) is 15.5. The number of halogens is 6. The zero-order chi connectivity index (χ0) is 37.9. The van der Waals surface area contributed by atoms with Gasteiger partial charge in [0.2, 0.25) is 0 Å². The SMILES string of the molecule is CCCCCOC(=O)c1ccccc1-c1c(Cl)cc(OC(=O)C(=O)Oc2cc(Cl)c(-c3ccccc3C(=O)OCCCCC)c(Cl)c2Cl)c(Cl)c1Cl. The number of rotatable bonds is 14. The molecule has 0 saturated carbocycles. The van der Waals surface area contributed by atoms with E-state index in [1.807, 2.05) is 13.8 Å². The predicted molar refractivity (Wildman–Crippen MR) is 205 cm³/mol. The Bertz CT molecular complexity index is 1840. The van der Waals surface area contributed by atoms with E-state index in [9.17, 15) is 19.2 Å². The highest BCUT2D eigenvalue weighted by atomic mass is 35.5. The average molecular weight is 829 g/mol. The summed E-state index contributed by atoms with van der Waals surface area (Å²) in [4.78, 5) is 51.6. The van der Waals surface area contributed by atoms with E-state index in [1.165, 1.54) is 12.1 Å². The van der Waals surface area contributed by atoms with Crippen molar-refractivity contribution in [1.29, 1.82) is 0 Å². The summed E-state index contributed by atoms with van der Waals surface area (Å²) in [6.07, 6.45) is 5.17. The number of carbonyl (C=O) groups is 4. The third-order valence-electron chi connectivity index (χ3n) is 7.62. The summed E-state index contributed by atoms with van der Waals surface area (Å²) < 4.78 is 21.2. The Morgan fingerprint density at radius 3 is 1.25 bits per heavy atom. The fourth-order valence-electron chi connectivity index (χ4n) is 5.02. The van der Waals surface area contributed by atoms with Gasteiger partial charge in [0.15, 0.2) is 11.5 Å². The lowest BCUT2D eigenvalue weighted by Gasteiger charge is -2.16. The smallest absolute Gasteiger partial charge is 0.423 e. The number of carbonyl (C=O) groups excluding carboxylic acids is 4. The Morgan fingerprint density at radius 1 is 0.519 bits per heavy atom. The minimum atomic E-state index is -1.51. The van der Waals surface area contributed by atoms with Crippen molar-refractivity contribution in [2.75, 3.05) is 13.2 Å². The summed E-state index contributed by atoms with van der Waals surface area (Å²) in [5.41, 5.74) is 1.40. The standard InChI is InChI=1S/C38H32Cl6O8/c1-3-5-11-17-49-35(45)23-15-9-7-13-21(23)29-25(39)19-27(31(41)33(29)43)51-37(47)38(48)52-28-20-26(40)30(34(44)32(28)42)22-14-8-10-16-24(22)36(46)50-18-12-6-4-2/h7-10,13-16,19-20H,3-6,11-12,17-18H2,1-2H3. The first-order valence-electron chi connectivity index (χ1n) is 16.2. The second-order valence-electron chi connectivity index (χ2n) is 11.3. The Hall–Kier alpha value is -3.50. The number of ether oxygens (including phenoxy) is 4. The van der Waals surface area contributed by atoms with Crippen LogP contribution in [0.1, 0.15) is 73.1 Å². The van der Waals surface area contributed by atoms with Gasteiger partial charge in [-0.05, 0) is 36.1 Å². The molecule has 4 aromatic carbocycles. The number of benzene rings is 4. The molecule has 0 heterocycles. The Balaban J connectivity index is 1.54. The van der Waals surface area contributed by atoms with Crippen molar-refractivity contribution in [3.8, 4) is 33.8 Å². The molecule has 0 saturated heterocycles. The number of esters is 4. The molecule has 0 bridgehead atoms. The highest BCUT2D eigenvalue weighted by Gasteiger charge is 2.28. The van der Waals surface area contributed by atoms with Crippen LogP contribution < -0.4 is 9.47 Å². The highest BCUT2D eigenvalue weighted by Crippen LogP contribution is 2.47. The van der Waals surface area contributed by atoms with Crippen LogP contribution in [-0.4, -0.2) is 37.1 Å². The van der Waals surface area contributed by atoms with E-state index in [2.05, 4.69) is 0 Å². The molecule has 52 heavy (non-hydrogen) atoms. The minimum Gasteiger partial charge on any atom is -0.462 e. The van der Waals surface area contributed by atoms with Crippen molar-refractivity contribution in [3.63, 3.8) is 0 Å². The first-order chi connectivity index (χ1) is 24.9. The van der Waals surface area contributed by atoms with Crippen LogP contribution in [0.25, 0.3) is 22.3 Å². The molecule has 4 aromatic rings. The molecule has 0 atom stereocenters. The van der Waals surface area contributed by atoms with Crippen LogP contribution in [0.15, 0.2) is 60.7 Å². The first kappa shape index (κ1) is 41.3. The molecular weight excluding hydrogens is 797 g/mol. The molecule has 0 unspecified atom stereocenters. The predicted octanol–water partition coefficient (Wildman–Crippen LogP) is 12.1. The molecule has 0 spiro atoms. The monoisotopic (exact) mass is 826 g/mol. The van der Waals surface area contributed by atoms with Crippen molar-refractivity contribution in [1.82, 2.24) is 0 Å². The molecule has 4 rings (SSSR count). The fourth-order valence-corrected chi connectivity index (χ4v) is 6.68. The normalized spacial score (nSPS) is 10.8. The molecule has 274 valence electrons. The Morgan fingerprint density at radius 2 is 0.885 bits per heavy atom. The third kappa shape index (κ3) is 9.92. The van der Waals surface area contributed by atoms with E-state index < -0.39 is 23.9 Å². The maximum atomic E-state index is 12.9. The lowest BCUT2D eigenvalue weighted by atomic mass is 9.99. The van der Waals surface area contributed by atoms with E-state index in [1.54, 1.807) is 48.5 Å². The molecule has 14 heteroatoms. The molecule has 0 amide bonds. The van der Waals surface area contributed by atoms with E-state index in [-0.39, 0.29) is 77.1 Å². The van der Waals surface area contributed by atoms with Crippen LogP contribution >= 0.6 is 69.6 Å². The van der Waals surface area contributed by atoms with Gasteiger partial charge in [-0.15, -0.1) is 0 Å². The van der Waals surface area contributed by atoms with E-state index in [0.717, 1.165) is 25.7 Å². The van der Waals surface area contributed by atoms with Crippen LogP contribution in [-0.2, 0) is 19.1 Å². The molecule has 0 aliphatic heterocycles. The van der Waals surface area contributed by atoms with Crippen molar-refractivity contribution >= 4 is 93.5 Å². The quantitative estimate of drug-likeness (QED) is 0.0407. The number of hydrogen-bond donors (Lipinski definition) is 0. The van der Waals surface area contributed by atoms with Crippen LogP contribution in [0.4, 0.5) is 0 Å². The van der Waals surface area contributed by atoms with Crippen molar-refractivity contribution < 1.29 is 38.1 Å². The zero-order valence-electron chi connectivity index (χ0n) is 28.0. The molecule has 0 aliphatic rings. The zero-order valence-corrected chi connectivity index (χ0v) is 32.5. The maximum absolute atomic E-state index is 12.9. The second-order valence-corrected chi connectivity index (χ2v) is 13.6. The number of hydrogen-bond acceptors (Lipinski definition) is 8. The van der Waals surface area contributed by atoms with Gasteiger partial charge in [-0.2, -0.15) is 0 Å². The van der Waals surface area contributed by atoms with Gasteiger partial charge in [0.25, 0.3) is 0 Å². The van der Waals surface area contributed by atoms with Gasteiger partial charge >= 0.3 is 23.9 Å². The van der Waals surface area contributed by atoms with E-state index >= 15 is 0 Å². The van der Waals surface area contributed by atoms with Crippen LogP contribution in [0.5, 0.6) is 11.5 Å². The largest absolute Gasteiger partial charge is 0.462 e. The molecule has 8 nitrogen and oxygen atoms in total. The molecular formula is C38H32Cl6O8. The van der Waals surface area contributed by atoms with Gasteiger partial charge in [-0.25, -0.2) is 19.2 Å². The summed E-state index contributed by atoms with van der Waals surface area (Å²) in [6, 6.07) is 15.3. The maximum Gasteiger partial charge on any atom is 0.423 e. The van der Waals surface area contributed by atoms with Gasteiger partial charge in [0, 0.05) is 23.3 Å². The summed E-state index contributed by atoms with van der Waals surface area (Å²) >= 11 is 39.3. The summed E-state index contributed by atoms with van der Waals surface area (Å²) in [6.45, 7) is 4.56. The third-order valence-corrected chi connectivity index (χ3v) is 9.91. The lowest BCUT2D eigenvalue weighted by Crippen LogP contribution is -2.25. The first-order valence-corrected chi connectivity index (χ1v) is 18.5. The van der Waals surface area contributed by atoms with Crippen LogP contribution in [0.3, 0.4) is 0 Å². The lowest BCUT2D eigenvalue weighted by molar-refractivity contribution is -0.156. The Labute approximate surface area is 331 Å². The highest BCUT2D eigenvalue weighted by molar-refractivity contribution is 6.48. The summed E-state index contributed by atoms with van der Waals surface area (Å²) in [5.74, 6) is -4.91. The molecule has 0 aliphatic carbocycles. The van der Waals surface area contributed by atoms with Crippen molar-refractivity contribution in [2.45, 2.75) is 52.4 Å². The van der Waals surface area contributed by atoms with Crippen molar-refractivity contribution in [2.24, 2.45) is 0 Å². The minimum absolute atomic E-state index is 0.0425. The van der Waals surface area contributed by atoms with Crippen LogP contribution in [0, 0.1) is 0 Å². The number of unbranched alkanes of at least 4 members (excludes halogenated alkanes) is 4. The molecule has 0 radical (unpaired) electrons. The summed E-state index contributed by atoms with van der Waals surface area (Å²) in [5, 5.41) is -0.940. The van der Waals surface area contributed by atoms with Gasteiger partial charge in [0.1, 0.15) is 10.0 Å². The van der Waals surface area contributed by atoms with Gasteiger partial charge in [-0.3, -0.25) is 0 Å². The fraction of sp³-hybridized carbons (Fsp3) is 0.263. The average Bonchev–Trinajstić information content (AvgIpc) is 3.13. The van der Waals surface area contributed by atoms with Crippen LogP contribution in [0.2, 0.25) is 30.1 Å². The summed E-state index contributed by atoms with van der Waals surface area (Å²) in [7, 11) is 0. The van der Waals surface area contributed by atoms with Gasteiger partial charge < -0.3 is 18.9 Å².